The predicted octanol–water partition coefficient (Wildman–Crippen LogP) is 0.00490. The Balaban J connectivity index is 2.79. The lowest BCUT2D eigenvalue weighted by Crippen LogP contribution is -2.39. The highest BCUT2D eigenvalue weighted by molar-refractivity contribution is 5.08. The summed E-state index contributed by atoms with van der Waals surface area (Å²) in [6, 6.07) is 0.399. The van der Waals surface area contributed by atoms with Crippen LogP contribution < -0.4 is 19.9 Å². The van der Waals surface area contributed by atoms with Gasteiger partial charge in [0.25, 0.3) is 0 Å². The fourth-order valence-electron chi connectivity index (χ4n) is 0.818. The summed E-state index contributed by atoms with van der Waals surface area (Å²) in [5.74, 6) is 0. The van der Waals surface area contributed by atoms with Gasteiger partial charge in [0, 0.05) is 5.54 Å². The van der Waals surface area contributed by atoms with Gasteiger partial charge in [-0.25, -0.2) is 0 Å². The van der Waals surface area contributed by atoms with Crippen molar-refractivity contribution in [3.8, 4) is 18.0 Å². The van der Waals surface area contributed by atoms with Gasteiger partial charge in [-0.05, 0) is 13.8 Å². The number of aromatic nitrogens is 3. The van der Waals surface area contributed by atoms with E-state index in [-0.39, 0.29) is 24.6 Å². The highest BCUT2D eigenvalue weighted by Gasteiger charge is 2.14. The van der Waals surface area contributed by atoms with E-state index in [1.807, 2.05) is 13.8 Å². The van der Waals surface area contributed by atoms with Crippen LogP contribution in [0.2, 0.25) is 0 Å². The Morgan fingerprint density at radius 2 is 1.44 bits per heavy atom. The average Bonchev–Trinajstić information content (AvgIpc) is 2.25. The molecule has 0 aliphatic heterocycles. The summed E-state index contributed by atoms with van der Waals surface area (Å²) in [6.45, 7) is 3.95. The maximum Gasteiger partial charge on any atom is 0.325 e. The van der Waals surface area contributed by atoms with Gasteiger partial charge < -0.3 is 19.9 Å². The fraction of sp³-hybridized carbons (Fsp3) is 0.667. The van der Waals surface area contributed by atoms with Crippen molar-refractivity contribution in [2.45, 2.75) is 19.4 Å². The summed E-state index contributed by atoms with van der Waals surface area (Å²) in [4.78, 5) is 11.6. The second-order valence-electron chi connectivity index (χ2n) is 3.87. The van der Waals surface area contributed by atoms with Crippen LogP contribution in [0.25, 0.3) is 0 Å². The van der Waals surface area contributed by atoms with Crippen LogP contribution >= 0.6 is 0 Å². The summed E-state index contributed by atoms with van der Waals surface area (Å²) < 4.78 is 15.1. The van der Waals surface area contributed by atoms with E-state index < -0.39 is 5.54 Å². The Labute approximate surface area is 94.0 Å². The van der Waals surface area contributed by atoms with E-state index in [9.17, 15) is 0 Å². The number of nitrogens with zero attached hydrogens (tertiary/aromatic N) is 3. The summed E-state index contributed by atoms with van der Waals surface area (Å²) in [7, 11) is 2.90. The highest BCUT2D eigenvalue weighted by Crippen LogP contribution is 2.14. The molecule has 0 saturated carbocycles. The molecule has 1 aromatic heterocycles. The summed E-state index contributed by atoms with van der Waals surface area (Å²) in [5, 5.41) is 0. The van der Waals surface area contributed by atoms with Gasteiger partial charge >= 0.3 is 18.0 Å². The number of rotatable bonds is 5. The third kappa shape index (κ3) is 3.85. The van der Waals surface area contributed by atoms with Crippen molar-refractivity contribution in [3.05, 3.63) is 0 Å². The van der Waals surface area contributed by atoms with Crippen LogP contribution in [0.5, 0.6) is 18.0 Å². The van der Waals surface area contributed by atoms with Crippen LogP contribution in [0.3, 0.4) is 0 Å². The van der Waals surface area contributed by atoms with E-state index in [2.05, 4.69) is 15.0 Å². The van der Waals surface area contributed by atoms with Gasteiger partial charge in [-0.15, -0.1) is 15.0 Å². The largest absolute Gasteiger partial charge is 0.467 e. The topological polar surface area (TPSA) is 92.4 Å². The zero-order valence-electron chi connectivity index (χ0n) is 9.85. The first-order valence-electron chi connectivity index (χ1n) is 4.70. The van der Waals surface area contributed by atoms with Gasteiger partial charge in [0.15, 0.2) is 0 Å². The van der Waals surface area contributed by atoms with Crippen molar-refractivity contribution in [2.75, 3.05) is 20.8 Å². The molecule has 0 radical (unpaired) electrons. The Morgan fingerprint density at radius 3 is 1.81 bits per heavy atom. The molecule has 2 N–H and O–H groups in total. The van der Waals surface area contributed by atoms with Crippen molar-refractivity contribution in [1.82, 2.24) is 15.0 Å². The van der Waals surface area contributed by atoms with Crippen molar-refractivity contribution in [1.29, 1.82) is 0 Å². The van der Waals surface area contributed by atoms with Crippen molar-refractivity contribution in [3.63, 3.8) is 0 Å². The van der Waals surface area contributed by atoms with Crippen LogP contribution in [0.4, 0.5) is 0 Å². The standard InChI is InChI=1S/C9H16N4O3/c1-9(2,10)5-16-8-12-6(14-3)11-7(13-8)15-4/h5,10H2,1-4H3. The molecule has 0 unspecified atom stereocenters. The summed E-state index contributed by atoms with van der Waals surface area (Å²) in [5.41, 5.74) is 5.30. The van der Waals surface area contributed by atoms with Gasteiger partial charge in [0.2, 0.25) is 0 Å². The molecule has 0 amide bonds. The molecule has 0 saturated heterocycles. The molecule has 0 aliphatic carbocycles. The molecular weight excluding hydrogens is 212 g/mol. The molecule has 0 aromatic carbocycles. The first-order valence-corrected chi connectivity index (χ1v) is 4.70. The van der Waals surface area contributed by atoms with E-state index in [1.165, 1.54) is 14.2 Å². The van der Waals surface area contributed by atoms with E-state index in [0.29, 0.717) is 0 Å². The molecule has 0 fully saturated rings. The second-order valence-corrected chi connectivity index (χ2v) is 3.87. The zero-order chi connectivity index (χ0) is 12.2. The minimum absolute atomic E-state index is 0.127. The van der Waals surface area contributed by atoms with Crippen LogP contribution in [0.1, 0.15) is 13.8 Å². The summed E-state index contributed by atoms with van der Waals surface area (Å²) >= 11 is 0. The molecular formula is C9H16N4O3. The number of hydrogen-bond acceptors (Lipinski definition) is 7. The van der Waals surface area contributed by atoms with Crippen LogP contribution in [0, 0.1) is 0 Å². The lowest BCUT2D eigenvalue weighted by atomic mass is 10.1. The molecule has 0 spiro atoms. The summed E-state index contributed by atoms with van der Waals surface area (Å²) in [6.07, 6.45) is 0. The minimum Gasteiger partial charge on any atom is -0.467 e. The molecule has 7 heteroatoms. The van der Waals surface area contributed by atoms with Gasteiger partial charge in [-0.1, -0.05) is 0 Å². The lowest BCUT2D eigenvalue weighted by molar-refractivity contribution is 0.216. The molecule has 0 bridgehead atoms. The van der Waals surface area contributed by atoms with Crippen molar-refractivity contribution < 1.29 is 14.2 Å². The van der Waals surface area contributed by atoms with Gasteiger partial charge in [-0.3, -0.25) is 0 Å². The molecule has 1 heterocycles. The molecule has 0 atom stereocenters. The van der Waals surface area contributed by atoms with E-state index in [4.69, 9.17) is 19.9 Å². The molecule has 16 heavy (non-hydrogen) atoms. The molecule has 1 aromatic rings. The van der Waals surface area contributed by atoms with Crippen molar-refractivity contribution in [2.24, 2.45) is 5.73 Å². The van der Waals surface area contributed by atoms with Gasteiger partial charge in [0.05, 0.1) is 14.2 Å². The second kappa shape index (κ2) is 4.93. The Kier molecular flexibility index (Phi) is 3.83. The van der Waals surface area contributed by atoms with Gasteiger partial charge in [-0.2, -0.15) is 0 Å². The monoisotopic (exact) mass is 228 g/mol. The van der Waals surface area contributed by atoms with Crippen LogP contribution in [-0.4, -0.2) is 41.3 Å². The highest BCUT2D eigenvalue weighted by atomic mass is 16.5. The molecule has 0 aliphatic rings. The Morgan fingerprint density at radius 1 is 1.00 bits per heavy atom. The van der Waals surface area contributed by atoms with Crippen molar-refractivity contribution >= 4 is 0 Å². The normalized spacial score (nSPS) is 11.1. The maximum atomic E-state index is 5.77. The zero-order valence-corrected chi connectivity index (χ0v) is 9.85. The quantitative estimate of drug-likeness (QED) is 0.758. The smallest absolute Gasteiger partial charge is 0.325 e. The molecule has 90 valence electrons. The predicted molar refractivity (Wildman–Crippen MR) is 56.7 cm³/mol. The van der Waals surface area contributed by atoms with E-state index in [0.717, 1.165) is 0 Å². The maximum absolute atomic E-state index is 5.77. The van der Waals surface area contributed by atoms with Crippen LogP contribution in [-0.2, 0) is 0 Å². The third-order valence-corrected chi connectivity index (χ3v) is 1.51. The first kappa shape index (κ1) is 12.4. The number of nitrogens with two attached hydrogens (primary N) is 1. The van der Waals surface area contributed by atoms with E-state index >= 15 is 0 Å². The Hall–Kier alpha value is -1.63. The minimum atomic E-state index is -0.465. The number of ether oxygens (including phenoxy) is 3. The van der Waals surface area contributed by atoms with E-state index in [1.54, 1.807) is 0 Å². The number of methoxy groups -OCH3 is 2. The first-order chi connectivity index (χ1) is 7.44. The fourth-order valence-corrected chi connectivity index (χ4v) is 0.818. The number of hydrogen-bond donors (Lipinski definition) is 1. The molecule has 7 nitrogen and oxygen atoms in total. The lowest BCUT2D eigenvalue weighted by Gasteiger charge is -2.17. The Bertz CT molecular complexity index is 329. The van der Waals surface area contributed by atoms with Gasteiger partial charge in [0.1, 0.15) is 6.61 Å². The average molecular weight is 228 g/mol. The van der Waals surface area contributed by atoms with Crippen LogP contribution in [0.15, 0.2) is 0 Å². The third-order valence-electron chi connectivity index (χ3n) is 1.51. The SMILES string of the molecule is COc1nc(OC)nc(OCC(C)(C)N)n1. The molecule has 1 rings (SSSR count).